The van der Waals surface area contributed by atoms with E-state index < -0.39 is 0 Å². The number of methoxy groups -OCH3 is 2. The maximum atomic E-state index is 5.46. The van der Waals surface area contributed by atoms with Gasteiger partial charge >= 0.3 is 0 Å². The Bertz CT molecular complexity index is 564. The van der Waals surface area contributed by atoms with Crippen LogP contribution in [-0.2, 0) is 6.42 Å². The summed E-state index contributed by atoms with van der Waals surface area (Å²) in [5, 5.41) is 0. The number of benzene rings is 2. The molecule has 106 valence electrons. The average molecular weight is 335 g/mol. The molecule has 3 heteroatoms. The summed E-state index contributed by atoms with van der Waals surface area (Å²) in [4.78, 5) is 0.214. The molecule has 2 nitrogen and oxygen atoms in total. The third-order valence-corrected chi connectivity index (χ3v) is 4.13. The second-order valence-corrected chi connectivity index (χ2v) is 5.87. The van der Waals surface area contributed by atoms with E-state index in [1.54, 1.807) is 14.2 Å². The number of halogens is 1. The Hall–Kier alpha value is -1.48. The molecule has 0 heterocycles. The van der Waals surface area contributed by atoms with Gasteiger partial charge in [0, 0.05) is 16.5 Å². The first-order valence-electron chi connectivity index (χ1n) is 6.55. The summed E-state index contributed by atoms with van der Waals surface area (Å²) in [6.45, 7) is 2.10. The second-order valence-electron chi connectivity index (χ2n) is 4.77. The van der Waals surface area contributed by atoms with Crippen molar-refractivity contribution < 1.29 is 9.47 Å². The molecule has 2 rings (SSSR count). The van der Waals surface area contributed by atoms with Gasteiger partial charge in [0.1, 0.15) is 11.5 Å². The van der Waals surface area contributed by atoms with E-state index in [9.17, 15) is 0 Å². The van der Waals surface area contributed by atoms with Crippen molar-refractivity contribution in [2.45, 2.75) is 18.2 Å². The number of hydrogen-bond acceptors (Lipinski definition) is 2. The van der Waals surface area contributed by atoms with E-state index in [0.717, 1.165) is 23.5 Å². The molecule has 20 heavy (non-hydrogen) atoms. The standard InChI is InChI=1S/C17H19BrO2/c1-12-4-6-13(7-5-12)10-16(18)15-9-8-14(19-2)11-17(15)20-3/h4-9,11,16H,10H2,1-3H3. The average Bonchev–Trinajstić information content (AvgIpc) is 2.48. The third-order valence-electron chi connectivity index (χ3n) is 3.31. The summed E-state index contributed by atoms with van der Waals surface area (Å²) in [5.41, 5.74) is 3.71. The molecule has 0 radical (unpaired) electrons. The molecule has 2 aromatic rings. The van der Waals surface area contributed by atoms with E-state index in [0.29, 0.717) is 0 Å². The van der Waals surface area contributed by atoms with Crippen molar-refractivity contribution in [2.75, 3.05) is 14.2 Å². The Morgan fingerprint density at radius 3 is 2.30 bits per heavy atom. The summed E-state index contributed by atoms with van der Waals surface area (Å²) in [6.07, 6.45) is 0.920. The second kappa shape index (κ2) is 6.80. The molecule has 0 aromatic heterocycles. The van der Waals surface area contributed by atoms with Gasteiger partial charge in [-0.1, -0.05) is 51.8 Å². The highest BCUT2D eigenvalue weighted by molar-refractivity contribution is 9.09. The highest BCUT2D eigenvalue weighted by Gasteiger charge is 2.14. The first-order valence-corrected chi connectivity index (χ1v) is 7.47. The minimum Gasteiger partial charge on any atom is -0.497 e. The molecule has 2 aromatic carbocycles. The van der Waals surface area contributed by atoms with Crippen LogP contribution in [-0.4, -0.2) is 14.2 Å². The molecular formula is C17H19BrO2. The quantitative estimate of drug-likeness (QED) is 0.738. The van der Waals surface area contributed by atoms with E-state index >= 15 is 0 Å². The number of alkyl halides is 1. The Morgan fingerprint density at radius 1 is 1.00 bits per heavy atom. The van der Waals surface area contributed by atoms with Gasteiger partial charge in [0.05, 0.1) is 14.2 Å². The molecule has 0 saturated heterocycles. The summed E-state index contributed by atoms with van der Waals surface area (Å²) in [6, 6.07) is 14.5. The number of ether oxygens (including phenoxy) is 2. The fraction of sp³-hybridized carbons (Fsp3) is 0.294. The normalized spacial score (nSPS) is 12.0. The van der Waals surface area contributed by atoms with Crippen molar-refractivity contribution in [2.24, 2.45) is 0 Å². The summed E-state index contributed by atoms with van der Waals surface area (Å²) in [5.74, 6) is 1.65. The smallest absolute Gasteiger partial charge is 0.126 e. The zero-order chi connectivity index (χ0) is 14.5. The van der Waals surface area contributed by atoms with E-state index in [4.69, 9.17) is 9.47 Å². The fourth-order valence-electron chi connectivity index (χ4n) is 2.12. The third kappa shape index (κ3) is 3.54. The topological polar surface area (TPSA) is 18.5 Å². The van der Waals surface area contributed by atoms with Gasteiger partial charge in [-0.2, -0.15) is 0 Å². The first kappa shape index (κ1) is 14.9. The maximum absolute atomic E-state index is 5.46. The number of aryl methyl sites for hydroxylation is 1. The number of hydrogen-bond donors (Lipinski definition) is 0. The summed E-state index contributed by atoms with van der Waals surface area (Å²) >= 11 is 3.76. The van der Waals surface area contributed by atoms with Crippen LogP contribution in [0.4, 0.5) is 0 Å². The van der Waals surface area contributed by atoms with Crippen LogP contribution in [0.2, 0.25) is 0 Å². The Balaban J connectivity index is 2.20. The minimum atomic E-state index is 0.214. The van der Waals surface area contributed by atoms with Gasteiger partial charge in [0.25, 0.3) is 0 Å². The van der Waals surface area contributed by atoms with Gasteiger partial charge in [-0.15, -0.1) is 0 Å². The van der Waals surface area contributed by atoms with E-state index in [-0.39, 0.29) is 4.83 Å². The van der Waals surface area contributed by atoms with Gasteiger partial charge in [-0.25, -0.2) is 0 Å². The van der Waals surface area contributed by atoms with Gasteiger partial charge < -0.3 is 9.47 Å². The molecule has 0 fully saturated rings. The molecule has 1 unspecified atom stereocenters. The molecule has 1 atom stereocenters. The highest BCUT2D eigenvalue weighted by Crippen LogP contribution is 2.36. The van der Waals surface area contributed by atoms with Crippen molar-refractivity contribution in [1.29, 1.82) is 0 Å². The van der Waals surface area contributed by atoms with Crippen molar-refractivity contribution in [3.8, 4) is 11.5 Å². The van der Waals surface area contributed by atoms with Crippen molar-refractivity contribution in [3.63, 3.8) is 0 Å². The minimum absolute atomic E-state index is 0.214. The molecule has 0 aliphatic rings. The van der Waals surface area contributed by atoms with Gasteiger partial charge in [-0.05, 0) is 25.0 Å². The predicted molar refractivity (Wildman–Crippen MR) is 86.1 cm³/mol. The molecule has 0 aliphatic heterocycles. The zero-order valence-corrected chi connectivity index (χ0v) is 13.6. The van der Waals surface area contributed by atoms with Gasteiger partial charge in [-0.3, -0.25) is 0 Å². The molecule has 0 N–H and O–H groups in total. The van der Waals surface area contributed by atoms with Crippen LogP contribution in [0.5, 0.6) is 11.5 Å². The predicted octanol–water partition coefficient (Wildman–Crippen LogP) is 4.69. The highest BCUT2D eigenvalue weighted by atomic mass is 79.9. The van der Waals surface area contributed by atoms with Gasteiger partial charge in [0.2, 0.25) is 0 Å². The van der Waals surface area contributed by atoms with E-state index in [1.807, 2.05) is 18.2 Å². The van der Waals surface area contributed by atoms with E-state index in [2.05, 4.69) is 47.1 Å². The van der Waals surface area contributed by atoms with Crippen molar-refractivity contribution >= 4 is 15.9 Å². The Morgan fingerprint density at radius 2 is 1.70 bits per heavy atom. The van der Waals surface area contributed by atoms with E-state index in [1.165, 1.54) is 11.1 Å². The fourth-order valence-corrected chi connectivity index (χ4v) is 2.87. The van der Waals surface area contributed by atoms with Crippen molar-refractivity contribution in [3.05, 3.63) is 59.2 Å². The molecule has 0 amide bonds. The molecule has 0 spiro atoms. The van der Waals surface area contributed by atoms with Crippen LogP contribution in [0.1, 0.15) is 21.5 Å². The summed E-state index contributed by atoms with van der Waals surface area (Å²) < 4.78 is 10.7. The van der Waals surface area contributed by atoms with Crippen LogP contribution < -0.4 is 9.47 Å². The largest absolute Gasteiger partial charge is 0.497 e. The summed E-state index contributed by atoms with van der Waals surface area (Å²) in [7, 11) is 3.34. The van der Waals surface area contributed by atoms with Crippen LogP contribution in [0.25, 0.3) is 0 Å². The lowest BCUT2D eigenvalue weighted by molar-refractivity contribution is 0.391. The lowest BCUT2D eigenvalue weighted by Crippen LogP contribution is -1.99. The molecular weight excluding hydrogens is 316 g/mol. The lowest BCUT2D eigenvalue weighted by Gasteiger charge is -2.15. The molecule has 0 saturated carbocycles. The van der Waals surface area contributed by atoms with Crippen LogP contribution >= 0.6 is 15.9 Å². The van der Waals surface area contributed by atoms with Crippen LogP contribution in [0.3, 0.4) is 0 Å². The zero-order valence-electron chi connectivity index (χ0n) is 12.0. The van der Waals surface area contributed by atoms with Crippen molar-refractivity contribution in [1.82, 2.24) is 0 Å². The van der Waals surface area contributed by atoms with Gasteiger partial charge in [0.15, 0.2) is 0 Å². The molecule has 0 aliphatic carbocycles. The van der Waals surface area contributed by atoms with Crippen LogP contribution in [0, 0.1) is 6.92 Å². The van der Waals surface area contributed by atoms with Crippen LogP contribution in [0.15, 0.2) is 42.5 Å². The lowest BCUT2D eigenvalue weighted by atomic mass is 10.0. The number of rotatable bonds is 5. The Labute approximate surface area is 128 Å². The first-order chi connectivity index (χ1) is 9.63. The monoisotopic (exact) mass is 334 g/mol. The maximum Gasteiger partial charge on any atom is 0.126 e. The molecule has 0 bridgehead atoms. The Kier molecular flexibility index (Phi) is 5.07. The SMILES string of the molecule is COc1ccc(C(Br)Cc2ccc(C)cc2)c(OC)c1.